The number of hydrogen-bond donors (Lipinski definition) is 2. The molecule has 21 heavy (non-hydrogen) atoms. The second kappa shape index (κ2) is 8.08. The summed E-state index contributed by atoms with van der Waals surface area (Å²) in [6.07, 6.45) is 1.27. The minimum absolute atomic E-state index is 0.0114. The predicted octanol–water partition coefficient (Wildman–Crippen LogP) is 2.31. The highest BCUT2D eigenvalue weighted by molar-refractivity contribution is 5.76. The van der Waals surface area contributed by atoms with E-state index in [-0.39, 0.29) is 11.6 Å². The van der Waals surface area contributed by atoms with Gasteiger partial charge in [0.05, 0.1) is 4.92 Å². The van der Waals surface area contributed by atoms with Gasteiger partial charge in [-0.05, 0) is 12.5 Å². The van der Waals surface area contributed by atoms with Crippen LogP contribution < -0.4 is 10.6 Å². The van der Waals surface area contributed by atoms with E-state index in [9.17, 15) is 14.9 Å². The number of amides is 1. The number of nitrogens with one attached hydrogen (secondary N) is 2. The normalized spacial score (nSPS) is 10.0. The Morgan fingerprint density at radius 1 is 1.19 bits per heavy atom. The third kappa shape index (κ3) is 5.68. The maximum Gasteiger partial charge on any atom is 0.273 e. The Morgan fingerprint density at radius 3 is 2.24 bits per heavy atom. The van der Waals surface area contributed by atoms with Crippen molar-refractivity contribution in [2.75, 3.05) is 37.8 Å². The van der Waals surface area contributed by atoms with Gasteiger partial charge in [-0.3, -0.25) is 14.9 Å². The van der Waals surface area contributed by atoms with Crippen LogP contribution in [0.4, 0.5) is 17.1 Å². The summed E-state index contributed by atoms with van der Waals surface area (Å²) in [6, 6.07) is 4.78. The van der Waals surface area contributed by atoms with Crippen molar-refractivity contribution in [2.24, 2.45) is 0 Å². The van der Waals surface area contributed by atoms with Crippen LogP contribution in [0.15, 0.2) is 18.2 Å². The van der Waals surface area contributed by atoms with Gasteiger partial charge in [-0.2, -0.15) is 0 Å². The van der Waals surface area contributed by atoms with Gasteiger partial charge in [-0.1, -0.05) is 6.92 Å². The summed E-state index contributed by atoms with van der Waals surface area (Å²) in [4.78, 5) is 23.5. The molecule has 7 nitrogen and oxygen atoms in total. The van der Waals surface area contributed by atoms with E-state index in [0.29, 0.717) is 24.3 Å². The van der Waals surface area contributed by atoms with Crippen molar-refractivity contribution in [2.45, 2.75) is 19.8 Å². The molecule has 0 bridgehead atoms. The Kier molecular flexibility index (Phi) is 6.45. The third-order valence-corrected chi connectivity index (χ3v) is 2.87. The largest absolute Gasteiger partial charge is 0.385 e. The van der Waals surface area contributed by atoms with Crippen LogP contribution in [0.25, 0.3) is 0 Å². The molecule has 0 unspecified atom stereocenters. The Morgan fingerprint density at radius 2 is 1.76 bits per heavy atom. The summed E-state index contributed by atoms with van der Waals surface area (Å²) >= 11 is 0. The second-order valence-electron chi connectivity index (χ2n) is 4.92. The van der Waals surface area contributed by atoms with Crippen molar-refractivity contribution >= 4 is 23.0 Å². The molecular formula is C14H22N4O3. The summed E-state index contributed by atoms with van der Waals surface area (Å²) in [6.45, 7) is 3.21. The molecule has 0 aliphatic carbocycles. The van der Waals surface area contributed by atoms with Gasteiger partial charge < -0.3 is 15.5 Å². The summed E-state index contributed by atoms with van der Waals surface area (Å²) in [7, 11) is 3.39. The highest BCUT2D eigenvalue weighted by Crippen LogP contribution is 2.24. The zero-order chi connectivity index (χ0) is 15.8. The zero-order valence-electron chi connectivity index (χ0n) is 12.7. The van der Waals surface area contributed by atoms with Gasteiger partial charge in [0, 0.05) is 57.1 Å². The van der Waals surface area contributed by atoms with Crippen molar-refractivity contribution < 1.29 is 9.72 Å². The highest BCUT2D eigenvalue weighted by atomic mass is 16.6. The first-order valence-corrected chi connectivity index (χ1v) is 6.91. The van der Waals surface area contributed by atoms with E-state index in [1.807, 2.05) is 13.0 Å². The van der Waals surface area contributed by atoms with E-state index in [1.165, 1.54) is 17.0 Å². The van der Waals surface area contributed by atoms with Crippen LogP contribution in [0.3, 0.4) is 0 Å². The van der Waals surface area contributed by atoms with E-state index in [4.69, 9.17) is 0 Å². The van der Waals surface area contributed by atoms with Gasteiger partial charge in [0.15, 0.2) is 0 Å². The molecule has 0 atom stereocenters. The van der Waals surface area contributed by atoms with Gasteiger partial charge in [0.1, 0.15) is 0 Å². The molecule has 0 heterocycles. The van der Waals surface area contributed by atoms with Crippen molar-refractivity contribution in [3.05, 3.63) is 28.3 Å². The van der Waals surface area contributed by atoms with Crippen molar-refractivity contribution in [3.63, 3.8) is 0 Å². The molecule has 1 amide bonds. The maximum absolute atomic E-state index is 11.5. The smallest absolute Gasteiger partial charge is 0.273 e. The van der Waals surface area contributed by atoms with Gasteiger partial charge in [-0.15, -0.1) is 0 Å². The Labute approximate surface area is 124 Å². The van der Waals surface area contributed by atoms with Gasteiger partial charge in [0.25, 0.3) is 5.69 Å². The first-order chi connectivity index (χ1) is 9.93. The zero-order valence-corrected chi connectivity index (χ0v) is 12.7. The lowest BCUT2D eigenvalue weighted by atomic mass is 10.2. The predicted molar refractivity (Wildman–Crippen MR) is 83.7 cm³/mol. The number of hydrogen-bond acceptors (Lipinski definition) is 5. The topological polar surface area (TPSA) is 87.5 Å². The van der Waals surface area contributed by atoms with E-state index >= 15 is 0 Å². The molecule has 1 aromatic rings. The van der Waals surface area contributed by atoms with Crippen LogP contribution in [0.1, 0.15) is 19.8 Å². The summed E-state index contributed by atoms with van der Waals surface area (Å²) in [5.41, 5.74) is 1.36. The highest BCUT2D eigenvalue weighted by Gasteiger charge is 2.10. The van der Waals surface area contributed by atoms with Crippen LogP contribution in [-0.2, 0) is 4.79 Å². The van der Waals surface area contributed by atoms with E-state index in [0.717, 1.165) is 13.0 Å². The molecule has 0 radical (unpaired) electrons. The van der Waals surface area contributed by atoms with Crippen LogP contribution in [-0.4, -0.2) is 42.9 Å². The van der Waals surface area contributed by atoms with Crippen LogP contribution in [0, 0.1) is 10.1 Å². The molecule has 0 spiro atoms. The van der Waals surface area contributed by atoms with Crippen LogP contribution in [0.5, 0.6) is 0 Å². The van der Waals surface area contributed by atoms with E-state index in [1.54, 1.807) is 14.1 Å². The Hall–Kier alpha value is -2.31. The number of benzene rings is 1. The molecule has 0 saturated heterocycles. The molecule has 0 aromatic heterocycles. The number of non-ortho nitro benzene ring substituents is 1. The first-order valence-electron chi connectivity index (χ1n) is 6.91. The Balaban J connectivity index is 2.73. The van der Waals surface area contributed by atoms with Gasteiger partial charge in [0.2, 0.25) is 5.91 Å². The third-order valence-electron chi connectivity index (χ3n) is 2.87. The molecule has 7 heteroatoms. The van der Waals surface area contributed by atoms with Gasteiger partial charge >= 0.3 is 0 Å². The minimum atomic E-state index is -0.423. The molecule has 2 N–H and O–H groups in total. The fraction of sp³-hybridized carbons (Fsp3) is 0.500. The molecular weight excluding hydrogens is 272 g/mol. The molecule has 1 aromatic carbocycles. The molecule has 116 valence electrons. The van der Waals surface area contributed by atoms with Crippen molar-refractivity contribution in [3.8, 4) is 0 Å². The number of carbonyl (C=O) groups excluding carboxylic acids is 1. The minimum Gasteiger partial charge on any atom is -0.385 e. The quantitative estimate of drug-likeness (QED) is 0.567. The van der Waals surface area contributed by atoms with Crippen molar-refractivity contribution in [1.29, 1.82) is 0 Å². The number of nitro groups is 1. The monoisotopic (exact) mass is 294 g/mol. The summed E-state index contributed by atoms with van der Waals surface area (Å²) in [5, 5.41) is 17.1. The molecule has 0 aliphatic rings. The average Bonchev–Trinajstić information content (AvgIpc) is 2.44. The number of anilines is 2. The Bertz CT molecular complexity index is 503. The number of nitro benzene ring substituents is 1. The van der Waals surface area contributed by atoms with E-state index in [2.05, 4.69) is 10.6 Å². The second-order valence-corrected chi connectivity index (χ2v) is 4.92. The maximum atomic E-state index is 11.5. The lowest BCUT2D eigenvalue weighted by Gasteiger charge is -2.12. The van der Waals surface area contributed by atoms with E-state index < -0.39 is 4.92 Å². The molecule has 1 rings (SSSR count). The number of rotatable bonds is 8. The van der Waals surface area contributed by atoms with Crippen LogP contribution in [0.2, 0.25) is 0 Å². The summed E-state index contributed by atoms with van der Waals surface area (Å²) in [5.74, 6) is 0.0114. The molecule has 0 saturated carbocycles. The van der Waals surface area contributed by atoms with Crippen LogP contribution >= 0.6 is 0 Å². The standard InChI is InChI=1S/C14H22N4O3/c1-4-6-15-11-8-12(10-13(9-11)18(20)21)16-7-5-14(19)17(2)3/h8-10,15-16H,4-7H2,1-3H3. The molecule has 0 fully saturated rings. The van der Waals surface area contributed by atoms with Crippen molar-refractivity contribution in [1.82, 2.24) is 4.90 Å². The fourth-order valence-corrected chi connectivity index (χ4v) is 1.73. The molecule has 0 aliphatic heterocycles. The average molecular weight is 294 g/mol. The summed E-state index contributed by atoms with van der Waals surface area (Å²) < 4.78 is 0. The lowest BCUT2D eigenvalue weighted by molar-refractivity contribution is -0.384. The SMILES string of the molecule is CCCNc1cc(NCCC(=O)N(C)C)cc([N+](=O)[O-])c1. The number of carbonyl (C=O) groups is 1. The number of nitrogens with zero attached hydrogens (tertiary/aromatic N) is 2. The fourth-order valence-electron chi connectivity index (χ4n) is 1.73. The first kappa shape index (κ1) is 16.7. The lowest BCUT2D eigenvalue weighted by Crippen LogP contribution is -2.23. The van der Waals surface area contributed by atoms with Gasteiger partial charge in [-0.25, -0.2) is 0 Å².